The molecule has 8 heteroatoms. The van der Waals surface area contributed by atoms with Crippen LogP contribution in [0.1, 0.15) is 5.56 Å². The van der Waals surface area contributed by atoms with Crippen LogP contribution in [-0.4, -0.2) is 24.7 Å². The summed E-state index contributed by atoms with van der Waals surface area (Å²) in [7, 11) is -2.30. The van der Waals surface area contributed by atoms with Gasteiger partial charge in [-0.3, -0.25) is 10.1 Å². The Morgan fingerprint density at radius 1 is 1.18 bits per heavy atom. The van der Waals surface area contributed by atoms with E-state index in [-0.39, 0.29) is 17.1 Å². The summed E-state index contributed by atoms with van der Waals surface area (Å²) in [6.07, 6.45) is 0. The predicted octanol–water partition coefficient (Wildman–Crippen LogP) is 3.07. The largest absolute Gasteiger partial charge is 0.269 e. The summed E-state index contributed by atoms with van der Waals surface area (Å²) in [5.41, 5.74) is 0.452. The number of sulfonamides is 1. The van der Waals surface area contributed by atoms with Crippen molar-refractivity contribution in [2.45, 2.75) is 11.4 Å². The molecule has 6 nitrogen and oxygen atoms in total. The Balaban J connectivity index is 2.26. The zero-order valence-corrected chi connectivity index (χ0v) is 13.2. The van der Waals surface area contributed by atoms with Crippen molar-refractivity contribution < 1.29 is 13.3 Å². The van der Waals surface area contributed by atoms with E-state index in [4.69, 9.17) is 11.6 Å². The predicted molar refractivity (Wildman–Crippen MR) is 83.2 cm³/mol. The van der Waals surface area contributed by atoms with E-state index in [0.717, 1.165) is 4.31 Å². The fourth-order valence-corrected chi connectivity index (χ4v) is 3.38. The van der Waals surface area contributed by atoms with Crippen molar-refractivity contribution in [3.05, 3.63) is 69.2 Å². The Labute approximate surface area is 133 Å². The van der Waals surface area contributed by atoms with Crippen LogP contribution in [-0.2, 0) is 16.6 Å². The first-order valence-electron chi connectivity index (χ1n) is 6.26. The molecule has 0 aliphatic carbocycles. The van der Waals surface area contributed by atoms with Gasteiger partial charge in [-0.15, -0.1) is 0 Å². The van der Waals surface area contributed by atoms with Gasteiger partial charge in [0.15, 0.2) is 0 Å². The molecule has 2 aromatic carbocycles. The number of benzene rings is 2. The van der Waals surface area contributed by atoms with Gasteiger partial charge in [-0.25, -0.2) is 8.42 Å². The van der Waals surface area contributed by atoms with Gasteiger partial charge in [-0.2, -0.15) is 4.31 Å². The van der Waals surface area contributed by atoms with Gasteiger partial charge in [0.2, 0.25) is 10.0 Å². The molecule has 22 heavy (non-hydrogen) atoms. The summed E-state index contributed by atoms with van der Waals surface area (Å²) >= 11 is 5.81. The fraction of sp³-hybridized carbons (Fsp3) is 0.143. The van der Waals surface area contributed by atoms with Gasteiger partial charge < -0.3 is 0 Å². The number of nitrogens with zero attached hydrogens (tertiary/aromatic N) is 2. The number of halogens is 1. The molecule has 0 heterocycles. The van der Waals surface area contributed by atoms with Crippen molar-refractivity contribution in [2.75, 3.05) is 7.05 Å². The second kappa shape index (κ2) is 6.43. The second-order valence-corrected chi connectivity index (χ2v) is 7.13. The van der Waals surface area contributed by atoms with Crippen LogP contribution in [0.3, 0.4) is 0 Å². The van der Waals surface area contributed by atoms with Gasteiger partial charge >= 0.3 is 0 Å². The molecular formula is C14H13ClN2O4S. The molecule has 2 rings (SSSR count). The van der Waals surface area contributed by atoms with E-state index in [2.05, 4.69) is 0 Å². The molecule has 0 aromatic heterocycles. The lowest BCUT2D eigenvalue weighted by Gasteiger charge is -2.17. The third kappa shape index (κ3) is 3.62. The number of hydrogen-bond acceptors (Lipinski definition) is 4. The summed E-state index contributed by atoms with van der Waals surface area (Å²) in [6.45, 7) is 0.0243. The molecule has 0 atom stereocenters. The van der Waals surface area contributed by atoms with Crippen LogP contribution >= 0.6 is 11.6 Å². The van der Waals surface area contributed by atoms with Crippen LogP contribution in [0, 0.1) is 10.1 Å². The van der Waals surface area contributed by atoms with Gasteiger partial charge in [-0.1, -0.05) is 29.8 Å². The lowest BCUT2D eigenvalue weighted by molar-refractivity contribution is -0.384. The third-order valence-corrected chi connectivity index (χ3v) is 5.07. The molecule has 0 fully saturated rings. The quantitative estimate of drug-likeness (QED) is 0.618. The van der Waals surface area contributed by atoms with Crippen LogP contribution < -0.4 is 0 Å². The smallest absolute Gasteiger partial charge is 0.258 e. The van der Waals surface area contributed by atoms with Crippen molar-refractivity contribution in [3.8, 4) is 0 Å². The average molecular weight is 341 g/mol. The van der Waals surface area contributed by atoms with E-state index >= 15 is 0 Å². The molecule has 0 N–H and O–H groups in total. The maximum atomic E-state index is 12.4. The normalized spacial score (nSPS) is 11.6. The molecule has 0 radical (unpaired) electrons. The molecular weight excluding hydrogens is 328 g/mol. The van der Waals surface area contributed by atoms with Crippen molar-refractivity contribution in [2.24, 2.45) is 0 Å². The Morgan fingerprint density at radius 2 is 1.86 bits per heavy atom. The number of rotatable bonds is 5. The molecule has 0 saturated carbocycles. The highest BCUT2D eigenvalue weighted by molar-refractivity contribution is 7.89. The van der Waals surface area contributed by atoms with Crippen molar-refractivity contribution in [1.82, 2.24) is 4.31 Å². The second-order valence-electron chi connectivity index (χ2n) is 4.65. The standard InChI is InChI=1S/C14H13ClN2O4S/c1-16(10-11-4-2-6-13(8-11)17(18)19)22(20,21)14-7-3-5-12(15)9-14/h2-9H,10H2,1H3. The summed E-state index contributed by atoms with van der Waals surface area (Å²) < 4.78 is 26.0. The SMILES string of the molecule is CN(Cc1cccc([N+](=O)[O-])c1)S(=O)(=O)c1cccc(Cl)c1. The molecule has 0 unspecified atom stereocenters. The van der Waals surface area contributed by atoms with Crippen LogP contribution in [0.4, 0.5) is 5.69 Å². The first-order valence-corrected chi connectivity index (χ1v) is 8.08. The molecule has 0 aliphatic rings. The first-order chi connectivity index (χ1) is 10.3. The summed E-state index contributed by atoms with van der Waals surface area (Å²) in [5.74, 6) is 0. The molecule has 116 valence electrons. The third-order valence-electron chi connectivity index (χ3n) is 3.03. The van der Waals surface area contributed by atoms with E-state index in [9.17, 15) is 18.5 Å². The zero-order valence-electron chi connectivity index (χ0n) is 11.6. The number of nitro groups is 1. The van der Waals surface area contributed by atoms with Crippen molar-refractivity contribution in [1.29, 1.82) is 0 Å². The van der Waals surface area contributed by atoms with Crippen LogP contribution in [0.2, 0.25) is 5.02 Å². The zero-order chi connectivity index (χ0) is 16.3. The van der Waals surface area contributed by atoms with Gasteiger partial charge in [0.25, 0.3) is 5.69 Å². The number of hydrogen-bond donors (Lipinski definition) is 0. The highest BCUT2D eigenvalue weighted by Gasteiger charge is 2.21. The van der Waals surface area contributed by atoms with Crippen LogP contribution in [0.15, 0.2) is 53.4 Å². The highest BCUT2D eigenvalue weighted by atomic mass is 35.5. The minimum absolute atomic E-state index is 0.0243. The maximum absolute atomic E-state index is 12.4. The summed E-state index contributed by atoms with van der Waals surface area (Å²) in [4.78, 5) is 10.3. The Morgan fingerprint density at radius 3 is 2.50 bits per heavy atom. The van der Waals surface area contributed by atoms with Crippen LogP contribution in [0.5, 0.6) is 0 Å². The van der Waals surface area contributed by atoms with Gasteiger partial charge in [0.1, 0.15) is 0 Å². The molecule has 0 aliphatic heterocycles. The minimum atomic E-state index is -3.71. The lowest BCUT2D eigenvalue weighted by atomic mass is 10.2. The average Bonchev–Trinajstić information content (AvgIpc) is 2.47. The Hall–Kier alpha value is -1.96. The lowest BCUT2D eigenvalue weighted by Crippen LogP contribution is -2.26. The van der Waals surface area contributed by atoms with E-state index in [0.29, 0.717) is 10.6 Å². The van der Waals surface area contributed by atoms with Crippen molar-refractivity contribution in [3.63, 3.8) is 0 Å². The monoisotopic (exact) mass is 340 g/mol. The highest BCUT2D eigenvalue weighted by Crippen LogP contribution is 2.21. The minimum Gasteiger partial charge on any atom is -0.258 e. The molecule has 0 amide bonds. The van der Waals surface area contributed by atoms with Gasteiger partial charge in [0.05, 0.1) is 9.82 Å². The van der Waals surface area contributed by atoms with E-state index in [1.54, 1.807) is 18.2 Å². The number of nitro benzene ring substituents is 1. The Kier molecular flexibility index (Phi) is 4.80. The van der Waals surface area contributed by atoms with Crippen LogP contribution in [0.25, 0.3) is 0 Å². The Bertz CT molecular complexity index is 808. The van der Waals surface area contributed by atoms with Crippen molar-refractivity contribution >= 4 is 27.3 Å². The summed E-state index contributed by atoms with van der Waals surface area (Å²) in [6, 6.07) is 11.8. The van der Waals surface area contributed by atoms with E-state index in [1.807, 2.05) is 0 Å². The van der Waals surface area contributed by atoms with Gasteiger partial charge in [0, 0.05) is 30.7 Å². The molecule has 0 saturated heterocycles. The first kappa shape index (κ1) is 16.4. The number of non-ortho nitro benzene ring substituents is 1. The molecule has 2 aromatic rings. The maximum Gasteiger partial charge on any atom is 0.269 e. The molecule has 0 spiro atoms. The summed E-state index contributed by atoms with van der Waals surface area (Å²) in [5, 5.41) is 11.1. The van der Waals surface area contributed by atoms with Gasteiger partial charge in [-0.05, 0) is 23.8 Å². The van der Waals surface area contributed by atoms with E-state index in [1.165, 1.54) is 37.4 Å². The topological polar surface area (TPSA) is 80.5 Å². The fourth-order valence-electron chi connectivity index (χ4n) is 1.92. The van der Waals surface area contributed by atoms with E-state index < -0.39 is 14.9 Å². The molecule has 0 bridgehead atoms.